The molecule has 1 N–H and O–H groups in total. The molecule has 0 aromatic heterocycles. The standard InChI is InChI=1S/C20H33N/c1-5-6-9-18-11-13-19(14-12-18)17(4)21-20-10-7-8-15(2)16(20)3/h11-17,20-21H,5-10H2,1-4H3. The molecule has 1 aliphatic rings. The summed E-state index contributed by atoms with van der Waals surface area (Å²) in [7, 11) is 0. The van der Waals surface area contributed by atoms with Gasteiger partial charge in [-0.3, -0.25) is 0 Å². The van der Waals surface area contributed by atoms with Gasteiger partial charge < -0.3 is 5.32 Å². The second kappa shape index (κ2) is 7.98. The lowest BCUT2D eigenvalue weighted by Crippen LogP contribution is -2.41. The Hall–Kier alpha value is -0.820. The van der Waals surface area contributed by atoms with Crippen LogP contribution in [0.25, 0.3) is 0 Å². The van der Waals surface area contributed by atoms with Crippen LogP contribution in [0.2, 0.25) is 0 Å². The van der Waals surface area contributed by atoms with Crippen molar-refractivity contribution in [2.75, 3.05) is 0 Å². The molecule has 1 fully saturated rings. The summed E-state index contributed by atoms with van der Waals surface area (Å²) >= 11 is 0. The quantitative estimate of drug-likeness (QED) is 0.728. The highest BCUT2D eigenvalue weighted by Gasteiger charge is 2.27. The van der Waals surface area contributed by atoms with E-state index in [-0.39, 0.29) is 0 Å². The van der Waals surface area contributed by atoms with Gasteiger partial charge in [-0.1, -0.05) is 64.3 Å². The molecule has 1 aromatic carbocycles. The summed E-state index contributed by atoms with van der Waals surface area (Å²) < 4.78 is 0. The number of benzene rings is 1. The van der Waals surface area contributed by atoms with Gasteiger partial charge in [0.25, 0.3) is 0 Å². The van der Waals surface area contributed by atoms with Gasteiger partial charge in [0.15, 0.2) is 0 Å². The minimum absolute atomic E-state index is 0.461. The maximum absolute atomic E-state index is 3.88. The van der Waals surface area contributed by atoms with E-state index >= 15 is 0 Å². The van der Waals surface area contributed by atoms with E-state index in [1.165, 1.54) is 49.7 Å². The Bertz CT molecular complexity index is 408. The van der Waals surface area contributed by atoms with Crippen molar-refractivity contribution >= 4 is 0 Å². The minimum Gasteiger partial charge on any atom is -0.307 e. The summed E-state index contributed by atoms with van der Waals surface area (Å²) in [4.78, 5) is 0. The molecule has 0 spiro atoms. The Labute approximate surface area is 131 Å². The zero-order valence-corrected chi connectivity index (χ0v) is 14.4. The molecule has 0 heterocycles. The molecule has 1 heteroatoms. The average molecular weight is 287 g/mol. The van der Waals surface area contributed by atoms with E-state index in [0.717, 1.165) is 11.8 Å². The smallest absolute Gasteiger partial charge is 0.0294 e. The Balaban J connectivity index is 1.91. The third-order valence-electron chi connectivity index (χ3n) is 5.47. The number of rotatable bonds is 6. The van der Waals surface area contributed by atoms with Crippen LogP contribution >= 0.6 is 0 Å². The predicted octanol–water partition coefficient (Wildman–Crippen LogP) is 5.50. The molecule has 0 aliphatic heterocycles. The van der Waals surface area contributed by atoms with Crippen LogP contribution in [0.3, 0.4) is 0 Å². The molecule has 1 nitrogen and oxygen atoms in total. The largest absolute Gasteiger partial charge is 0.307 e. The van der Waals surface area contributed by atoms with Gasteiger partial charge >= 0.3 is 0 Å². The van der Waals surface area contributed by atoms with Gasteiger partial charge in [-0.25, -0.2) is 0 Å². The first-order chi connectivity index (χ1) is 10.1. The fourth-order valence-electron chi connectivity index (χ4n) is 3.59. The van der Waals surface area contributed by atoms with Gasteiger partial charge in [0.1, 0.15) is 0 Å². The van der Waals surface area contributed by atoms with Crippen LogP contribution in [0, 0.1) is 11.8 Å². The van der Waals surface area contributed by atoms with Gasteiger partial charge in [0.05, 0.1) is 0 Å². The van der Waals surface area contributed by atoms with Crippen LogP contribution in [0.1, 0.15) is 77.0 Å². The molecule has 1 aromatic rings. The lowest BCUT2D eigenvalue weighted by atomic mass is 9.77. The first-order valence-corrected chi connectivity index (χ1v) is 8.96. The van der Waals surface area contributed by atoms with Gasteiger partial charge in [-0.05, 0) is 49.1 Å². The number of unbranched alkanes of at least 4 members (excludes halogenated alkanes) is 1. The molecule has 118 valence electrons. The number of aryl methyl sites for hydroxylation is 1. The summed E-state index contributed by atoms with van der Waals surface area (Å²) in [5.74, 6) is 1.66. The van der Waals surface area contributed by atoms with Gasteiger partial charge in [0.2, 0.25) is 0 Å². The Morgan fingerprint density at radius 3 is 2.52 bits per heavy atom. The topological polar surface area (TPSA) is 12.0 Å². The monoisotopic (exact) mass is 287 g/mol. The predicted molar refractivity (Wildman–Crippen MR) is 92.6 cm³/mol. The van der Waals surface area contributed by atoms with Gasteiger partial charge in [-0.2, -0.15) is 0 Å². The Morgan fingerprint density at radius 1 is 1.14 bits per heavy atom. The maximum Gasteiger partial charge on any atom is 0.0294 e. The summed E-state index contributed by atoms with van der Waals surface area (Å²) in [6.07, 6.45) is 7.91. The van der Waals surface area contributed by atoms with Crippen LogP contribution in [0.4, 0.5) is 0 Å². The molecule has 4 unspecified atom stereocenters. The van der Waals surface area contributed by atoms with Crippen molar-refractivity contribution in [1.29, 1.82) is 0 Å². The molecular formula is C20H33N. The average Bonchev–Trinajstić information content (AvgIpc) is 2.50. The Morgan fingerprint density at radius 2 is 1.86 bits per heavy atom. The maximum atomic E-state index is 3.88. The van der Waals surface area contributed by atoms with E-state index in [4.69, 9.17) is 0 Å². The number of nitrogens with one attached hydrogen (secondary N) is 1. The van der Waals surface area contributed by atoms with E-state index in [2.05, 4.69) is 57.3 Å². The molecule has 0 bridgehead atoms. The van der Waals surface area contributed by atoms with Crippen LogP contribution in [0.15, 0.2) is 24.3 Å². The normalized spacial score (nSPS) is 27.5. The molecule has 4 atom stereocenters. The molecule has 0 saturated heterocycles. The van der Waals surface area contributed by atoms with E-state index in [9.17, 15) is 0 Å². The summed E-state index contributed by atoms with van der Waals surface area (Å²) in [6, 6.07) is 10.4. The van der Waals surface area contributed by atoms with E-state index in [1.54, 1.807) is 0 Å². The fourth-order valence-corrected chi connectivity index (χ4v) is 3.59. The van der Waals surface area contributed by atoms with Crippen molar-refractivity contribution in [3.05, 3.63) is 35.4 Å². The molecule has 0 radical (unpaired) electrons. The lowest BCUT2D eigenvalue weighted by Gasteiger charge is -2.36. The molecule has 0 amide bonds. The molecule has 2 rings (SSSR count). The van der Waals surface area contributed by atoms with E-state index < -0.39 is 0 Å². The first-order valence-electron chi connectivity index (χ1n) is 8.96. The van der Waals surface area contributed by atoms with Gasteiger partial charge in [0, 0.05) is 12.1 Å². The van der Waals surface area contributed by atoms with Crippen molar-refractivity contribution in [2.24, 2.45) is 11.8 Å². The van der Waals surface area contributed by atoms with Gasteiger partial charge in [-0.15, -0.1) is 0 Å². The zero-order chi connectivity index (χ0) is 15.2. The summed E-state index contributed by atoms with van der Waals surface area (Å²) in [5.41, 5.74) is 2.91. The minimum atomic E-state index is 0.461. The summed E-state index contributed by atoms with van der Waals surface area (Å²) in [6.45, 7) is 9.40. The second-order valence-electron chi connectivity index (χ2n) is 7.11. The van der Waals surface area contributed by atoms with Crippen molar-refractivity contribution in [1.82, 2.24) is 5.32 Å². The fraction of sp³-hybridized carbons (Fsp3) is 0.700. The molecule has 1 aliphatic carbocycles. The molecule has 1 saturated carbocycles. The van der Waals surface area contributed by atoms with E-state index in [0.29, 0.717) is 12.1 Å². The third kappa shape index (κ3) is 4.57. The number of hydrogen-bond donors (Lipinski definition) is 1. The summed E-state index contributed by atoms with van der Waals surface area (Å²) in [5, 5.41) is 3.88. The molecular weight excluding hydrogens is 254 g/mol. The zero-order valence-electron chi connectivity index (χ0n) is 14.4. The van der Waals surface area contributed by atoms with Crippen molar-refractivity contribution in [3.8, 4) is 0 Å². The third-order valence-corrected chi connectivity index (χ3v) is 5.47. The van der Waals surface area contributed by atoms with Crippen molar-refractivity contribution in [2.45, 2.75) is 78.3 Å². The van der Waals surface area contributed by atoms with Crippen LogP contribution in [-0.2, 0) is 6.42 Å². The van der Waals surface area contributed by atoms with Crippen molar-refractivity contribution < 1.29 is 0 Å². The van der Waals surface area contributed by atoms with Crippen LogP contribution in [-0.4, -0.2) is 6.04 Å². The highest BCUT2D eigenvalue weighted by molar-refractivity contribution is 5.25. The van der Waals surface area contributed by atoms with Crippen molar-refractivity contribution in [3.63, 3.8) is 0 Å². The lowest BCUT2D eigenvalue weighted by molar-refractivity contribution is 0.196. The van der Waals surface area contributed by atoms with Crippen LogP contribution < -0.4 is 5.32 Å². The molecule has 21 heavy (non-hydrogen) atoms. The Kier molecular flexibility index (Phi) is 6.29. The SMILES string of the molecule is CCCCc1ccc(C(C)NC2CCCC(C)C2C)cc1. The van der Waals surface area contributed by atoms with Crippen LogP contribution in [0.5, 0.6) is 0 Å². The van der Waals surface area contributed by atoms with E-state index in [1.807, 2.05) is 0 Å². The number of hydrogen-bond acceptors (Lipinski definition) is 1. The first kappa shape index (κ1) is 16.5. The second-order valence-corrected chi connectivity index (χ2v) is 7.11. The highest BCUT2D eigenvalue weighted by atomic mass is 15.0. The highest BCUT2D eigenvalue weighted by Crippen LogP contribution is 2.31.